The molecular formula is C16H23O5P. The molecule has 0 atom stereocenters. The molecule has 0 radical (unpaired) electrons. The maximum Gasteiger partial charge on any atom is 0.337 e. The molecule has 0 aromatic heterocycles. The number of hydrogen-bond donors (Lipinski definition) is 0. The minimum atomic E-state index is -3.08. The first-order valence-corrected chi connectivity index (χ1v) is 8.90. The van der Waals surface area contributed by atoms with Gasteiger partial charge in [0.05, 0.1) is 32.0 Å². The van der Waals surface area contributed by atoms with Gasteiger partial charge in [-0.15, -0.1) is 0 Å². The number of methoxy groups -OCH3 is 1. The smallest absolute Gasteiger partial charge is 0.337 e. The number of rotatable bonds is 8. The van der Waals surface area contributed by atoms with Gasteiger partial charge in [-0.2, -0.15) is 0 Å². The predicted octanol–water partition coefficient (Wildman–Crippen LogP) is 4.14. The molecule has 0 heterocycles. The number of hydrogen-bond acceptors (Lipinski definition) is 5. The zero-order valence-corrected chi connectivity index (χ0v) is 14.4. The zero-order chi connectivity index (χ0) is 16.6. The third-order valence-electron chi connectivity index (χ3n) is 2.84. The van der Waals surface area contributed by atoms with Gasteiger partial charge in [0.15, 0.2) is 0 Å². The number of ether oxygens (including phenoxy) is 1. The third-order valence-corrected chi connectivity index (χ3v) is 5.03. The fourth-order valence-electron chi connectivity index (χ4n) is 1.99. The summed E-state index contributed by atoms with van der Waals surface area (Å²) in [4.78, 5) is 11.4. The Morgan fingerprint density at radius 1 is 1.14 bits per heavy atom. The van der Waals surface area contributed by atoms with Crippen molar-refractivity contribution >= 4 is 19.6 Å². The molecule has 1 aromatic carbocycles. The molecule has 0 saturated carbocycles. The van der Waals surface area contributed by atoms with Crippen LogP contribution < -0.4 is 0 Å². The van der Waals surface area contributed by atoms with E-state index in [1.54, 1.807) is 26.0 Å². The Morgan fingerprint density at radius 3 is 2.14 bits per heavy atom. The molecule has 0 spiro atoms. The van der Waals surface area contributed by atoms with E-state index < -0.39 is 7.60 Å². The van der Waals surface area contributed by atoms with Crippen molar-refractivity contribution in [3.05, 3.63) is 41.0 Å². The van der Waals surface area contributed by atoms with E-state index >= 15 is 0 Å². The van der Waals surface area contributed by atoms with Crippen LogP contribution in [0.5, 0.6) is 0 Å². The molecule has 0 N–H and O–H groups in total. The van der Waals surface area contributed by atoms with Crippen molar-refractivity contribution in [1.82, 2.24) is 0 Å². The second-order valence-corrected chi connectivity index (χ2v) is 6.76. The highest BCUT2D eigenvalue weighted by atomic mass is 31.2. The molecule has 0 aliphatic carbocycles. The summed E-state index contributed by atoms with van der Waals surface area (Å²) in [6, 6.07) is 7.00. The summed E-state index contributed by atoms with van der Waals surface area (Å²) in [6.45, 7) is 6.14. The second-order valence-electron chi connectivity index (χ2n) is 4.71. The van der Waals surface area contributed by atoms with Crippen LogP contribution in [0, 0.1) is 0 Å². The van der Waals surface area contributed by atoms with Gasteiger partial charge in [-0.3, -0.25) is 4.57 Å². The monoisotopic (exact) mass is 326 g/mol. The molecule has 6 heteroatoms. The molecule has 0 aliphatic heterocycles. The van der Waals surface area contributed by atoms with Crippen LogP contribution in [0.2, 0.25) is 0 Å². The lowest BCUT2D eigenvalue weighted by atomic mass is 10.1. The maximum atomic E-state index is 12.4. The fraction of sp³-hybridized carbons (Fsp3) is 0.438. The van der Waals surface area contributed by atoms with E-state index in [2.05, 4.69) is 4.74 Å². The van der Waals surface area contributed by atoms with E-state index in [0.29, 0.717) is 18.8 Å². The Hall–Kier alpha value is -1.42. The van der Waals surface area contributed by atoms with Crippen molar-refractivity contribution in [3.63, 3.8) is 0 Å². The average Bonchev–Trinajstić information content (AvgIpc) is 2.47. The zero-order valence-electron chi connectivity index (χ0n) is 13.5. The molecule has 1 rings (SSSR count). The molecule has 0 bridgehead atoms. The minimum absolute atomic E-state index is 0.243. The lowest BCUT2D eigenvalue weighted by molar-refractivity contribution is 0.0600. The van der Waals surface area contributed by atoms with Crippen LogP contribution in [0.25, 0.3) is 6.08 Å². The van der Waals surface area contributed by atoms with Crippen molar-refractivity contribution in [1.29, 1.82) is 0 Å². The molecule has 1 aromatic rings. The van der Waals surface area contributed by atoms with Gasteiger partial charge >= 0.3 is 13.6 Å². The number of allylic oxidation sites excluding steroid dienone is 1. The normalized spacial score (nSPS) is 12.3. The topological polar surface area (TPSA) is 61.8 Å². The molecule has 0 aliphatic rings. The molecule has 22 heavy (non-hydrogen) atoms. The van der Waals surface area contributed by atoms with Gasteiger partial charge in [0.25, 0.3) is 0 Å². The van der Waals surface area contributed by atoms with Crippen LogP contribution in [0.4, 0.5) is 0 Å². The standard InChI is InChI=1S/C16H23O5P/c1-5-20-22(18,21-6-2)12-13(3)11-14-7-9-15(10-8-14)16(17)19-4/h7-11H,5-6,12H2,1-4H3. The Balaban J connectivity index is 2.83. The van der Waals surface area contributed by atoms with Gasteiger partial charge in [0.2, 0.25) is 0 Å². The summed E-state index contributed by atoms with van der Waals surface area (Å²) in [5.41, 5.74) is 2.28. The predicted molar refractivity (Wildman–Crippen MR) is 87.2 cm³/mol. The lowest BCUT2D eigenvalue weighted by Crippen LogP contribution is -2.01. The highest BCUT2D eigenvalue weighted by Crippen LogP contribution is 2.49. The summed E-state index contributed by atoms with van der Waals surface area (Å²) in [5.74, 6) is -0.371. The largest absolute Gasteiger partial charge is 0.465 e. The minimum Gasteiger partial charge on any atom is -0.465 e. The van der Waals surface area contributed by atoms with Gasteiger partial charge < -0.3 is 13.8 Å². The quantitative estimate of drug-likeness (QED) is 0.530. The van der Waals surface area contributed by atoms with Crippen LogP contribution in [-0.2, 0) is 18.3 Å². The summed E-state index contributed by atoms with van der Waals surface area (Å²) in [6.07, 6.45) is 2.14. The van der Waals surface area contributed by atoms with E-state index in [1.165, 1.54) is 7.11 Å². The first-order chi connectivity index (χ1) is 10.4. The van der Waals surface area contributed by atoms with Crippen LogP contribution in [0.3, 0.4) is 0 Å². The van der Waals surface area contributed by atoms with Gasteiger partial charge in [-0.05, 0) is 38.5 Å². The van der Waals surface area contributed by atoms with Crippen LogP contribution in [-0.4, -0.2) is 32.5 Å². The van der Waals surface area contributed by atoms with Crippen molar-refractivity contribution in [2.45, 2.75) is 20.8 Å². The molecule has 0 unspecified atom stereocenters. The average molecular weight is 326 g/mol. The molecule has 122 valence electrons. The molecule has 5 nitrogen and oxygen atoms in total. The fourth-order valence-corrected chi connectivity index (χ4v) is 3.74. The van der Waals surface area contributed by atoms with Gasteiger partial charge in [0.1, 0.15) is 0 Å². The second kappa shape index (κ2) is 8.89. The molecule has 0 fully saturated rings. The van der Waals surface area contributed by atoms with E-state index in [9.17, 15) is 9.36 Å². The summed E-state index contributed by atoms with van der Waals surface area (Å²) < 4.78 is 27.7. The summed E-state index contributed by atoms with van der Waals surface area (Å²) in [5, 5.41) is 0. The number of esters is 1. The molecule has 0 amide bonds. The highest BCUT2D eigenvalue weighted by molar-refractivity contribution is 7.54. The maximum absolute atomic E-state index is 12.4. The molecular weight excluding hydrogens is 303 g/mol. The number of benzene rings is 1. The Kier molecular flexibility index (Phi) is 7.52. The van der Waals surface area contributed by atoms with Gasteiger partial charge in [-0.25, -0.2) is 4.79 Å². The van der Waals surface area contributed by atoms with Crippen molar-refractivity contribution in [2.75, 3.05) is 26.5 Å². The highest BCUT2D eigenvalue weighted by Gasteiger charge is 2.23. The van der Waals surface area contributed by atoms with E-state index in [0.717, 1.165) is 11.1 Å². The van der Waals surface area contributed by atoms with E-state index in [-0.39, 0.29) is 12.1 Å². The van der Waals surface area contributed by atoms with Crippen molar-refractivity contribution in [2.24, 2.45) is 0 Å². The number of carbonyl (C=O) groups is 1. The van der Waals surface area contributed by atoms with Crippen LogP contribution >= 0.6 is 7.60 Å². The summed E-state index contributed by atoms with van der Waals surface area (Å²) in [7, 11) is -1.74. The van der Waals surface area contributed by atoms with Crippen LogP contribution in [0.1, 0.15) is 36.7 Å². The van der Waals surface area contributed by atoms with Crippen LogP contribution in [0.15, 0.2) is 29.8 Å². The van der Waals surface area contributed by atoms with E-state index in [4.69, 9.17) is 9.05 Å². The van der Waals surface area contributed by atoms with Gasteiger partial charge in [-0.1, -0.05) is 23.8 Å². The Morgan fingerprint density at radius 2 is 1.68 bits per heavy atom. The first kappa shape index (κ1) is 18.6. The third kappa shape index (κ3) is 5.76. The Bertz CT molecular complexity index is 552. The first-order valence-electron chi connectivity index (χ1n) is 7.17. The van der Waals surface area contributed by atoms with E-state index in [1.807, 2.05) is 25.1 Å². The van der Waals surface area contributed by atoms with Crippen molar-refractivity contribution in [3.8, 4) is 0 Å². The summed E-state index contributed by atoms with van der Waals surface area (Å²) >= 11 is 0. The van der Waals surface area contributed by atoms with Gasteiger partial charge in [0, 0.05) is 0 Å². The van der Waals surface area contributed by atoms with Crippen molar-refractivity contribution < 1.29 is 23.1 Å². The Labute approximate surface area is 131 Å². The SMILES string of the molecule is CCOP(=O)(CC(C)=Cc1ccc(C(=O)OC)cc1)OCC. The lowest BCUT2D eigenvalue weighted by Gasteiger charge is -2.17. The molecule has 0 saturated heterocycles. The number of carbonyl (C=O) groups excluding carboxylic acids is 1.